The first-order chi connectivity index (χ1) is 8.84. The van der Waals surface area contributed by atoms with E-state index in [2.05, 4.69) is 17.1 Å². The lowest BCUT2D eigenvalue weighted by Gasteiger charge is -2.16. The molecule has 18 heavy (non-hydrogen) atoms. The number of hydrogen-bond acceptors (Lipinski definition) is 2. The van der Waals surface area contributed by atoms with Crippen molar-refractivity contribution in [3.8, 4) is 0 Å². The molecule has 0 aromatic carbocycles. The second kappa shape index (κ2) is 7.10. The Hall–Kier alpha value is -1.44. The van der Waals surface area contributed by atoms with Gasteiger partial charge in [0, 0.05) is 18.3 Å². The van der Waals surface area contributed by atoms with Crippen LogP contribution in [0, 0.1) is 5.92 Å². The van der Waals surface area contributed by atoms with E-state index in [0.29, 0.717) is 12.3 Å². The lowest BCUT2D eigenvalue weighted by molar-refractivity contribution is -0.114. The fourth-order valence-corrected chi connectivity index (χ4v) is 2.53. The zero-order chi connectivity index (χ0) is 12.6. The number of hydrogen-bond donors (Lipinski definition) is 0. The van der Waals surface area contributed by atoms with Crippen LogP contribution in [0.5, 0.6) is 0 Å². The van der Waals surface area contributed by atoms with E-state index in [-0.39, 0.29) is 5.78 Å². The van der Waals surface area contributed by atoms with Crippen molar-refractivity contribution >= 4 is 5.78 Å². The van der Waals surface area contributed by atoms with Crippen molar-refractivity contribution in [1.29, 1.82) is 0 Å². The smallest absolute Gasteiger partial charge is 0.155 e. The van der Waals surface area contributed by atoms with Gasteiger partial charge in [-0.25, -0.2) is 0 Å². The third kappa shape index (κ3) is 4.44. The van der Waals surface area contributed by atoms with Crippen LogP contribution in [-0.2, 0) is 11.2 Å². The molecule has 0 aliphatic heterocycles. The Kier molecular flexibility index (Phi) is 5.13. The van der Waals surface area contributed by atoms with Gasteiger partial charge in [-0.15, -0.1) is 0 Å². The highest BCUT2D eigenvalue weighted by Crippen LogP contribution is 2.21. The quantitative estimate of drug-likeness (QED) is 0.792. The van der Waals surface area contributed by atoms with E-state index in [1.807, 2.05) is 18.3 Å². The van der Waals surface area contributed by atoms with Gasteiger partial charge in [-0.3, -0.25) is 9.78 Å². The molecule has 0 saturated heterocycles. The Morgan fingerprint density at radius 3 is 3.00 bits per heavy atom. The van der Waals surface area contributed by atoms with Crippen LogP contribution in [0.1, 0.15) is 44.2 Å². The molecule has 1 aromatic rings. The van der Waals surface area contributed by atoms with Crippen molar-refractivity contribution in [2.75, 3.05) is 0 Å². The fourth-order valence-electron chi connectivity index (χ4n) is 2.53. The number of carbonyl (C=O) groups is 1. The number of nitrogens with zero attached hydrogens (tertiary/aromatic N) is 1. The summed E-state index contributed by atoms with van der Waals surface area (Å²) in [6, 6.07) is 6.13. The zero-order valence-electron chi connectivity index (χ0n) is 10.8. The van der Waals surface area contributed by atoms with Crippen LogP contribution < -0.4 is 0 Å². The largest absolute Gasteiger partial charge is 0.295 e. The minimum atomic E-state index is 0.290. The monoisotopic (exact) mass is 243 g/mol. The molecule has 0 radical (unpaired) electrons. The van der Waals surface area contributed by atoms with Crippen LogP contribution in [0.4, 0.5) is 0 Å². The number of carbonyl (C=O) groups excluding carboxylic acids is 1. The summed E-state index contributed by atoms with van der Waals surface area (Å²) >= 11 is 0. The molecule has 0 amide bonds. The molecule has 1 unspecified atom stereocenters. The van der Waals surface area contributed by atoms with Crippen LogP contribution in [0.3, 0.4) is 0 Å². The predicted molar refractivity (Wildman–Crippen MR) is 73.3 cm³/mol. The maximum absolute atomic E-state index is 11.4. The summed E-state index contributed by atoms with van der Waals surface area (Å²) in [6.07, 6.45) is 13.1. The molecule has 2 rings (SSSR count). The molecule has 1 aliphatic carbocycles. The molecule has 0 fully saturated rings. The van der Waals surface area contributed by atoms with Gasteiger partial charge in [0.05, 0.1) is 0 Å². The van der Waals surface area contributed by atoms with Gasteiger partial charge in [0.25, 0.3) is 0 Å². The molecule has 96 valence electrons. The summed E-state index contributed by atoms with van der Waals surface area (Å²) in [4.78, 5) is 15.8. The highest BCUT2D eigenvalue weighted by atomic mass is 16.1. The van der Waals surface area contributed by atoms with Crippen molar-refractivity contribution in [3.63, 3.8) is 0 Å². The summed E-state index contributed by atoms with van der Waals surface area (Å²) < 4.78 is 0. The van der Waals surface area contributed by atoms with Gasteiger partial charge in [-0.05, 0) is 49.8 Å². The number of pyridine rings is 1. The molecule has 0 bridgehead atoms. The van der Waals surface area contributed by atoms with Gasteiger partial charge in [-0.2, -0.15) is 0 Å². The topological polar surface area (TPSA) is 30.0 Å². The van der Waals surface area contributed by atoms with E-state index in [0.717, 1.165) is 25.7 Å². The van der Waals surface area contributed by atoms with Crippen LogP contribution in [-0.4, -0.2) is 10.8 Å². The maximum Gasteiger partial charge on any atom is 0.155 e. The molecule has 2 nitrogen and oxygen atoms in total. The van der Waals surface area contributed by atoms with Crippen LogP contribution in [0.15, 0.2) is 36.5 Å². The third-order valence-electron chi connectivity index (χ3n) is 3.55. The molecule has 0 saturated carbocycles. The van der Waals surface area contributed by atoms with Gasteiger partial charge in [-0.1, -0.05) is 25.0 Å². The van der Waals surface area contributed by atoms with E-state index in [1.165, 1.54) is 18.5 Å². The maximum atomic E-state index is 11.4. The number of allylic oxidation sites excluding steroid dienone is 2. The summed E-state index contributed by atoms with van der Waals surface area (Å²) in [6.45, 7) is 0. The average Bonchev–Trinajstić information content (AvgIpc) is 2.40. The van der Waals surface area contributed by atoms with Crippen molar-refractivity contribution in [2.45, 2.75) is 44.9 Å². The van der Waals surface area contributed by atoms with Crippen molar-refractivity contribution in [3.05, 3.63) is 42.2 Å². The van der Waals surface area contributed by atoms with E-state index >= 15 is 0 Å². The van der Waals surface area contributed by atoms with Crippen LogP contribution >= 0.6 is 0 Å². The van der Waals surface area contributed by atoms with E-state index < -0.39 is 0 Å². The van der Waals surface area contributed by atoms with Gasteiger partial charge >= 0.3 is 0 Å². The first kappa shape index (κ1) is 13.0. The van der Waals surface area contributed by atoms with E-state index in [4.69, 9.17) is 0 Å². The first-order valence-corrected chi connectivity index (χ1v) is 6.94. The summed E-state index contributed by atoms with van der Waals surface area (Å²) in [5.74, 6) is 0.996. The minimum Gasteiger partial charge on any atom is -0.295 e. The number of ketones is 1. The molecule has 1 aliphatic rings. The fraction of sp³-hybridized carbons (Fsp3) is 0.500. The van der Waals surface area contributed by atoms with Crippen LogP contribution in [0.2, 0.25) is 0 Å². The molecule has 0 N–H and O–H groups in total. The van der Waals surface area contributed by atoms with Crippen molar-refractivity contribution in [2.24, 2.45) is 5.92 Å². The third-order valence-corrected chi connectivity index (χ3v) is 3.55. The minimum absolute atomic E-state index is 0.290. The Labute approximate surface area is 109 Å². The Balaban J connectivity index is 1.91. The van der Waals surface area contributed by atoms with E-state index in [1.54, 1.807) is 6.08 Å². The molecule has 1 aromatic heterocycles. The number of aromatic nitrogens is 1. The standard InChI is InChI=1S/C16H21NO/c18-16-10-3-1-7-14(8-2-4-11-16)13-15-9-5-6-12-17-15/h3,5-6,9-10,12,14H,1-2,4,7-8,11,13H2/b10-3-. The molecular weight excluding hydrogens is 222 g/mol. The first-order valence-electron chi connectivity index (χ1n) is 6.94. The van der Waals surface area contributed by atoms with Gasteiger partial charge in [0.15, 0.2) is 5.78 Å². The second-order valence-electron chi connectivity index (χ2n) is 5.08. The lowest BCUT2D eigenvalue weighted by atomic mass is 9.90. The Bertz CT molecular complexity index is 397. The molecule has 1 heterocycles. The molecule has 2 heteroatoms. The normalized spacial score (nSPS) is 23.6. The molecular formula is C16H21NO. The van der Waals surface area contributed by atoms with Crippen molar-refractivity contribution in [1.82, 2.24) is 4.98 Å². The summed E-state index contributed by atoms with van der Waals surface area (Å²) in [7, 11) is 0. The van der Waals surface area contributed by atoms with Gasteiger partial charge in [0.2, 0.25) is 0 Å². The lowest BCUT2D eigenvalue weighted by Crippen LogP contribution is -2.07. The SMILES string of the molecule is O=C1/C=C\CCC(Cc2ccccn2)CCCC1. The summed E-state index contributed by atoms with van der Waals surface area (Å²) in [5.41, 5.74) is 1.19. The van der Waals surface area contributed by atoms with Gasteiger partial charge < -0.3 is 0 Å². The molecule has 1 atom stereocenters. The Morgan fingerprint density at radius 1 is 1.22 bits per heavy atom. The predicted octanol–water partition coefficient (Wildman–Crippen LogP) is 3.72. The zero-order valence-corrected chi connectivity index (χ0v) is 10.8. The highest BCUT2D eigenvalue weighted by Gasteiger charge is 2.11. The van der Waals surface area contributed by atoms with Crippen molar-refractivity contribution < 1.29 is 4.79 Å². The highest BCUT2D eigenvalue weighted by molar-refractivity contribution is 5.89. The van der Waals surface area contributed by atoms with Gasteiger partial charge in [0.1, 0.15) is 0 Å². The Morgan fingerprint density at radius 2 is 2.17 bits per heavy atom. The molecule has 0 spiro atoms. The second-order valence-corrected chi connectivity index (χ2v) is 5.08. The average molecular weight is 243 g/mol. The summed E-state index contributed by atoms with van der Waals surface area (Å²) in [5, 5.41) is 0. The van der Waals surface area contributed by atoms with Crippen LogP contribution in [0.25, 0.3) is 0 Å². The number of rotatable bonds is 2. The van der Waals surface area contributed by atoms with E-state index in [9.17, 15) is 4.79 Å².